The summed E-state index contributed by atoms with van der Waals surface area (Å²) in [5.41, 5.74) is 0.860. The summed E-state index contributed by atoms with van der Waals surface area (Å²) in [6.07, 6.45) is 2.71. The van der Waals surface area contributed by atoms with Gasteiger partial charge in [-0.25, -0.2) is 4.79 Å². The molecule has 4 atom stereocenters. The number of aliphatic hydroxyl groups excluding tert-OH is 1. The number of rotatable bonds is 2. The van der Waals surface area contributed by atoms with Crippen LogP contribution in [-0.4, -0.2) is 64.2 Å². The Kier molecular flexibility index (Phi) is 4.48. The number of hydrogen-bond donors (Lipinski definition) is 1. The van der Waals surface area contributed by atoms with Crippen molar-refractivity contribution in [2.75, 3.05) is 20.4 Å². The zero-order valence-electron chi connectivity index (χ0n) is 13.8. The van der Waals surface area contributed by atoms with Crippen LogP contribution >= 0.6 is 31.9 Å². The van der Waals surface area contributed by atoms with E-state index >= 15 is 0 Å². The molecule has 9 heteroatoms. The molecule has 0 spiro atoms. The van der Waals surface area contributed by atoms with Gasteiger partial charge in [0.25, 0.3) is 0 Å². The zero-order chi connectivity index (χ0) is 18.6. The van der Waals surface area contributed by atoms with E-state index in [0.29, 0.717) is 11.5 Å². The highest BCUT2D eigenvalue weighted by molar-refractivity contribution is 9.10. The number of fused-ring (bicyclic) bond motifs is 1. The normalized spacial score (nSPS) is 30.5. The molecule has 0 aromatic heterocycles. The van der Waals surface area contributed by atoms with Gasteiger partial charge in [-0.05, 0) is 17.7 Å². The van der Waals surface area contributed by atoms with E-state index in [4.69, 9.17) is 9.47 Å². The van der Waals surface area contributed by atoms with Crippen LogP contribution in [0.2, 0.25) is 0 Å². The maximum absolute atomic E-state index is 12.5. The van der Waals surface area contributed by atoms with Crippen molar-refractivity contribution in [1.82, 2.24) is 9.80 Å². The maximum Gasteiger partial charge on any atom is 0.327 e. The molecule has 1 saturated heterocycles. The lowest BCUT2D eigenvalue weighted by atomic mass is 9.81. The summed E-state index contributed by atoms with van der Waals surface area (Å²) in [4.78, 5) is 26.8. The van der Waals surface area contributed by atoms with Crippen molar-refractivity contribution >= 4 is 43.8 Å². The quantitative estimate of drug-likeness (QED) is 0.393. The number of likely N-dealkylation sites (N-methyl/N-ethyl adjacent to an activating group) is 1. The molecule has 7 nitrogen and oxygen atoms in total. The molecule has 1 aliphatic carbocycles. The Labute approximate surface area is 166 Å². The smallest absolute Gasteiger partial charge is 0.327 e. The van der Waals surface area contributed by atoms with Crippen LogP contribution in [0.3, 0.4) is 0 Å². The highest BCUT2D eigenvalue weighted by Crippen LogP contribution is 2.45. The Morgan fingerprint density at radius 1 is 1.19 bits per heavy atom. The molecule has 1 aromatic carbocycles. The van der Waals surface area contributed by atoms with Crippen molar-refractivity contribution in [3.63, 3.8) is 0 Å². The Balaban J connectivity index is 1.78. The number of benzene rings is 1. The van der Waals surface area contributed by atoms with Gasteiger partial charge in [-0.2, -0.15) is 0 Å². The molecule has 138 valence electrons. The van der Waals surface area contributed by atoms with Crippen molar-refractivity contribution in [2.24, 2.45) is 0 Å². The van der Waals surface area contributed by atoms with Crippen molar-refractivity contribution in [1.29, 1.82) is 0 Å². The number of imide groups is 1. The predicted octanol–water partition coefficient (Wildman–Crippen LogP) is 2.22. The van der Waals surface area contributed by atoms with Crippen LogP contribution < -0.4 is 9.47 Å². The number of ether oxygens (including phenoxy) is 2. The number of hydrogen-bond acceptors (Lipinski definition) is 5. The number of amides is 3. The molecule has 0 unspecified atom stereocenters. The number of aliphatic hydroxyl groups is 1. The Morgan fingerprint density at radius 2 is 1.88 bits per heavy atom. The molecule has 1 N–H and O–H groups in total. The summed E-state index contributed by atoms with van der Waals surface area (Å²) >= 11 is 7.14. The van der Waals surface area contributed by atoms with Gasteiger partial charge in [0.2, 0.25) is 12.7 Å². The van der Waals surface area contributed by atoms with Gasteiger partial charge in [-0.1, -0.05) is 44.0 Å². The van der Waals surface area contributed by atoms with Gasteiger partial charge in [-0.15, -0.1) is 0 Å². The summed E-state index contributed by atoms with van der Waals surface area (Å²) in [5.74, 6) is 0.722. The first kappa shape index (κ1) is 17.8. The second-order valence-corrected chi connectivity index (χ2v) is 8.34. The molecule has 0 radical (unpaired) electrons. The number of alkyl halides is 1. The van der Waals surface area contributed by atoms with Crippen LogP contribution in [0.5, 0.6) is 11.5 Å². The van der Waals surface area contributed by atoms with Crippen LogP contribution in [0.1, 0.15) is 11.5 Å². The first-order chi connectivity index (χ1) is 12.4. The lowest BCUT2D eigenvalue weighted by molar-refractivity contribution is -0.124. The second-order valence-electron chi connectivity index (χ2n) is 6.43. The predicted molar refractivity (Wildman–Crippen MR) is 99.5 cm³/mol. The number of urea groups is 1. The van der Waals surface area contributed by atoms with Crippen LogP contribution in [0.25, 0.3) is 0 Å². The third-order valence-electron chi connectivity index (χ3n) is 4.97. The molecule has 0 saturated carbocycles. The summed E-state index contributed by atoms with van der Waals surface area (Å²) in [6, 6.07) is 2.95. The first-order valence-electron chi connectivity index (χ1n) is 8.05. The minimum Gasteiger partial charge on any atom is -0.454 e. The first-order valence-corrected chi connectivity index (χ1v) is 9.76. The van der Waals surface area contributed by atoms with E-state index in [9.17, 15) is 14.7 Å². The molecule has 2 aliphatic heterocycles. The van der Waals surface area contributed by atoms with Crippen molar-refractivity contribution < 1.29 is 24.2 Å². The monoisotopic (exact) mass is 486 g/mol. The van der Waals surface area contributed by atoms with Gasteiger partial charge in [0.1, 0.15) is 6.54 Å². The van der Waals surface area contributed by atoms with Crippen LogP contribution in [0.15, 0.2) is 28.8 Å². The fourth-order valence-electron chi connectivity index (χ4n) is 3.55. The average Bonchev–Trinajstić information content (AvgIpc) is 3.16. The number of carbonyl (C=O) groups excluding carboxylic acids is 2. The highest BCUT2D eigenvalue weighted by atomic mass is 79.9. The lowest BCUT2D eigenvalue weighted by Crippen LogP contribution is -2.47. The molecule has 1 fully saturated rings. The van der Waals surface area contributed by atoms with Crippen molar-refractivity contribution in [2.45, 2.75) is 22.9 Å². The number of halogens is 2. The van der Waals surface area contributed by atoms with Gasteiger partial charge in [-0.3, -0.25) is 9.69 Å². The Hall–Kier alpha value is -1.58. The lowest BCUT2D eigenvalue weighted by Gasteiger charge is -2.39. The van der Waals surface area contributed by atoms with E-state index in [2.05, 4.69) is 31.9 Å². The van der Waals surface area contributed by atoms with Gasteiger partial charge in [0.05, 0.1) is 17.0 Å². The highest BCUT2D eigenvalue weighted by Gasteiger charge is 2.45. The third-order valence-corrected chi connectivity index (χ3v) is 6.76. The van der Waals surface area contributed by atoms with Gasteiger partial charge < -0.3 is 19.5 Å². The van der Waals surface area contributed by atoms with E-state index in [1.165, 1.54) is 11.9 Å². The molecule has 1 aromatic rings. The number of nitrogens with zero attached hydrogens (tertiary/aromatic N) is 2. The minimum absolute atomic E-state index is 0.0127. The summed E-state index contributed by atoms with van der Waals surface area (Å²) in [5, 5.41) is 10.3. The van der Waals surface area contributed by atoms with E-state index in [1.54, 1.807) is 12.2 Å². The van der Waals surface area contributed by atoms with E-state index in [-0.39, 0.29) is 42.1 Å². The van der Waals surface area contributed by atoms with E-state index in [0.717, 1.165) is 14.9 Å². The molecule has 2 heterocycles. The van der Waals surface area contributed by atoms with E-state index in [1.807, 2.05) is 12.1 Å². The van der Waals surface area contributed by atoms with E-state index < -0.39 is 6.10 Å². The maximum atomic E-state index is 12.5. The molecule has 4 rings (SSSR count). The van der Waals surface area contributed by atoms with Crippen LogP contribution in [0.4, 0.5) is 4.79 Å². The Bertz CT molecular complexity index is 815. The molecule has 3 amide bonds. The largest absolute Gasteiger partial charge is 0.454 e. The summed E-state index contributed by atoms with van der Waals surface area (Å²) in [7, 11) is 1.48. The Morgan fingerprint density at radius 3 is 2.54 bits per heavy atom. The SMILES string of the molecule is CN1C(=O)CN([C@H]2C=C[C@@H](O)[C@H](Br)[C@@H]2c2cc3c(cc2Br)OCO3)C1=O. The standard InChI is InChI=1S/C17H16Br2N2O5/c1-20-14(23)6-21(17(20)24)10-2-3-11(22)16(19)15(10)8-4-12-13(5-9(8)18)26-7-25-12/h2-5,10-11,15-16,22H,6-7H2,1H3/t10-,11+,15+,16-/m0/s1. The molecular weight excluding hydrogens is 472 g/mol. The van der Waals surface area contributed by atoms with Crippen LogP contribution in [0, 0.1) is 0 Å². The molecule has 0 bridgehead atoms. The van der Waals surface area contributed by atoms with Crippen molar-refractivity contribution in [3.8, 4) is 11.5 Å². The fourth-order valence-corrected chi connectivity index (χ4v) is 4.91. The molecule has 3 aliphatic rings. The van der Waals surface area contributed by atoms with Gasteiger partial charge in [0, 0.05) is 17.4 Å². The van der Waals surface area contributed by atoms with Gasteiger partial charge in [0.15, 0.2) is 11.5 Å². The number of carbonyl (C=O) groups is 2. The van der Waals surface area contributed by atoms with Gasteiger partial charge >= 0.3 is 6.03 Å². The summed E-state index contributed by atoms with van der Waals surface area (Å²) < 4.78 is 11.7. The zero-order valence-corrected chi connectivity index (χ0v) is 16.9. The fraction of sp³-hybridized carbons (Fsp3) is 0.412. The van der Waals surface area contributed by atoms with Crippen molar-refractivity contribution in [3.05, 3.63) is 34.3 Å². The van der Waals surface area contributed by atoms with Crippen LogP contribution in [-0.2, 0) is 4.79 Å². The minimum atomic E-state index is -0.722. The topological polar surface area (TPSA) is 79.3 Å². The molecular formula is C17H16Br2N2O5. The second kappa shape index (κ2) is 6.54. The summed E-state index contributed by atoms with van der Waals surface area (Å²) in [6.45, 7) is 0.169. The molecule has 26 heavy (non-hydrogen) atoms. The average molecular weight is 488 g/mol. The third kappa shape index (κ3) is 2.73.